The van der Waals surface area contributed by atoms with Crippen LogP contribution in [0.3, 0.4) is 0 Å². The number of nitrogens with zero attached hydrogens (tertiary/aromatic N) is 6. The zero-order chi connectivity index (χ0) is 34.6. The van der Waals surface area contributed by atoms with Gasteiger partial charge in [-0.25, -0.2) is 18.2 Å². The summed E-state index contributed by atoms with van der Waals surface area (Å²) in [5.41, 5.74) is -1.68. The van der Waals surface area contributed by atoms with Gasteiger partial charge in [-0.15, -0.1) is 0 Å². The Morgan fingerprint density at radius 3 is 2.49 bits per heavy atom. The molecule has 13 nitrogen and oxygen atoms in total. The number of hydrogen-bond donors (Lipinski definition) is 1. The molecule has 3 amide bonds. The van der Waals surface area contributed by atoms with Gasteiger partial charge in [-0.05, 0) is 82.4 Å². The fourth-order valence-electron chi connectivity index (χ4n) is 7.79. The number of nitrogens with one attached hydrogen (secondary N) is 1. The van der Waals surface area contributed by atoms with Crippen LogP contribution in [0.5, 0.6) is 11.6 Å². The molecule has 14 heteroatoms. The van der Waals surface area contributed by atoms with Gasteiger partial charge in [-0.3, -0.25) is 9.69 Å². The predicted molar refractivity (Wildman–Crippen MR) is 180 cm³/mol. The maximum absolute atomic E-state index is 15.1. The molecule has 1 aromatic heterocycles. The lowest BCUT2D eigenvalue weighted by Crippen LogP contribution is -2.76. The summed E-state index contributed by atoms with van der Waals surface area (Å²) in [6.45, 7) is 6.94. The van der Waals surface area contributed by atoms with Crippen LogP contribution in [0.25, 0.3) is 0 Å². The number of amides is 3. The van der Waals surface area contributed by atoms with Crippen molar-refractivity contribution >= 4 is 27.6 Å². The number of urea groups is 1. The molecule has 4 aliphatic heterocycles. The summed E-state index contributed by atoms with van der Waals surface area (Å²) >= 11 is 0. The summed E-state index contributed by atoms with van der Waals surface area (Å²) in [7, 11) is -1.12. The number of carbonyl (C=O) groups excluding carboxylic acids is 2. The summed E-state index contributed by atoms with van der Waals surface area (Å²) in [4.78, 5) is 39.9. The zero-order valence-corrected chi connectivity index (χ0v) is 28.6. The van der Waals surface area contributed by atoms with Crippen molar-refractivity contribution < 1.29 is 27.5 Å². The number of para-hydroxylation sites is 1. The Kier molecular flexibility index (Phi) is 8.25. The lowest BCUT2D eigenvalue weighted by Gasteiger charge is -2.62. The molecule has 5 heterocycles. The lowest BCUT2D eigenvalue weighted by molar-refractivity contribution is -0.124. The molecule has 49 heavy (non-hydrogen) atoms. The number of piperidine rings is 1. The van der Waals surface area contributed by atoms with Crippen molar-refractivity contribution in [3.05, 3.63) is 77.5 Å². The first-order valence-electron chi connectivity index (χ1n) is 16.4. The minimum absolute atomic E-state index is 0.00523. The van der Waals surface area contributed by atoms with E-state index in [0.29, 0.717) is 23.4 Å². The Morgan fingerprint density at radius 1 is 1.06 bits per heavy atom. The Labute approximate surface area is 286 Å². The predicted octanol–water partition coefficient (Wildman–Crippen LogP) is 2.76. The number of carbonyl (C=O) groups is 2. The smallest absolute Gasteiger partial charge is 0.318 e. The van der Waals surface area contributed by atoms with Gasteiger partial charge < -0.3 is 24.6 Å². The molecule has 2 aromatic carbocycles. The number of methoxy groups -OCH3 is 1. The van der Waals surface area contributed by atoms with Crippen LogP contribution in [0.4, 0.5) is 10.5 Å². The van der Waals surface area contributed by atoms with Crippen LogP contribution in [-0.2, 0) is 20.4 Å². The van der Waals surface area contributed by atoms with E-state index >= 15 is 4.79 Å². The number of anilines is 1. The maximum Gasteiger partial charge on any atom is 0.318 e. The van der Waals surface area contributed by atoms with E-state index in [2.05, 4.69) is 33.2 Å². The zero-order valence-electron chi connectivity index (χ0n) is 27.8. The molecule has 4 aliphatic rings. The maximum atomic E-state index is 15.1. The molecule has 3 aromatic rings. The third-order valence-corrected chi connectivity index (χ3v) is 11.9. The molecule has 0 bridgehead atoms. The Balaban J connectivity index is 1.27. The number of rotatable bonds is 8. The van der Waals surface area contributed by atoms with Crippen LogP contribution >= 0.6 is 0 Å². The van der Waals surface area contributed by atoms with Gasteiger partial charge in [0, 0.05) is 49.4 Å². The van der Waals surface area contributed by atoms with Gasteiger partial charge in [0.15, 0.2) is 5.54 Å². The van der Waals surface area contributed by atoms with Crippen LogP contribution in [0.1, 0.15) is 36.5 Å². The van der Waals surface area contributed by atoms with Gasteiger partial charge in [0.25, 0.3) is 15.9 Å². The third kappa shape index (κ3) is 5.27. The van der Waals surface area contributed by atoms with Gasteiger partial charge >= 0.3 is 6.03 Å². The molecule has 3 fully saturated rings. The number of pyridine rings is 1. The first-order valence-corrected chi connectivity index (χ1v) is 17.9. The molecule has 0 radical (unpaired) electrons. The molecule has 3 saturated heterocycles. The van der Waals surface area contributed by atoms with Crippen LogP contribution in [0.15, 0.2) is 65.7 Å². The van der Waals surface area contributed by atoms with Crippen LogP contribution in [-0.4, -0.2) is 106 Å². The molecule has 256 valence electrons. The Hall–Kier alpha value is -4.71. The highest BCUT2D eigenvalue weighted by Gasteiger charge is 2.61. The summed E-state index contributed by atoms with van der Waals surface area (Å²) in [6.07, 6.45) is 3.76. The van der Waals surface area contributed by atoms with E-state index in [9.17, 15) is 18.5 Å². The van der Waals surface area contributed by atoms with E-state index in [-0.39, 0.29) is 50.9 Å². The van der Waals surface area contributed by atoms with E-state index in [1.54, 1.807) is 30.0 Å². The second kappa shape index (κ2) is 12.3. The number of aromatic nitrogens is 1. The van der Waals surface area contributed by atoms with Crippen molar-refractivity contribution in [2.45, 2.75) is 36.2 Å². The molecule has 1 unspecified atom stereocenters. The van der Waals surface area contributed by atoms with E-state index < -0.39 is 27.5 Å². The Morgan fingerprint density at radius 2 is 1.80 bits per heavy atom. The first-order chi connectivity index (χ1) is 23.6. The van der Waals surface area contributed by atoms with Crippen molar-refractivity contribution in [2.75, 3.05) is 64.3 Å². The third-order valence-electron chi connectivity index (χ3n) is 10.2. The lowest BCUT2D eigenvalue weighted by atomic mass is 9.71. The normalized spacial score (nSPS) is 22.2. The molecular formula is C35H39N7O6S. The highest BCUT2D eigenvalue weighted by atomic mass is 32.2. The average Bonchev–Trinajstić information content (AvgIpc) is 3.32. The van der Waals surface area contributed by atoms with Crippen LogP contribution in [0, 0.1) is 16.7 Å². The number of nitriles is 1. The van der Waals surface area contributed by atoms with Crippen molar-refractivity contribution in [3.8, 4) is 17.7 Å². The number of fused-ring (bicyclic) bond motifs is 1. The highest BCUT2D eigenvalue weighted by Crippen LogP contribution is 2.50. The summed E-state index contributed by atoms with van der Waals surface area (Å²) < 4.78 is 40.8. The number of likely N-dealkylation sites (tertiary alicyclic amines) is 3. The molecule has 0 saturated carbocycles. The molecule has 1 spiro atoms. The van der Waals surface area contributed by atoms with Gasteiger partial charge in [0.1, 0.15) is 10.6 Å². The van der Waals surface area contributed by atoms with Crippen molar-refractivity contribution in [3.63, 3.8) is 0 Å². The van der Waals surface area contributed by atoms with E-state index in [1.165, 1.54) is 49.7 Å². The van der Waals surface area contributed by atoms with Gasteiger partial charge in [-0.2, -0.15) is 9.57 Å². The van der Waals surface area contributed by atoms with Crippen LogP contribution < -0.4 is 19.1 Å². The van der Waals surface area contributed by atoms with Crippen LogP contribution in [0.2, 0.25) is 0 Å². The second-order valence-corrected chi connectivity index (χ2v) is 15.1. The standard InChI is InChI=1S/C35H39N7O6S/c1-4-48-31-26(8-7-15-37-31)35(38-33(44)41-22-34(23-41)20-40(21-34)25-13-16-39(2)17-14-25)27-18-24(19-36)11-12-28(27)42(32(35)43)49(45,46)30-10-6-5-9-29(30)47-3/h5-12,15,18,25H,4,13-14,16-17,20-23H2,1-3H3,(H,38,44). The van der Waals surface area contributed by atoms with Gasteiger partial charge in [0.05, 0.1) is 36.6 Å². The minimum atomic E-state index is -4.61. The van der Waals surface area contributed by atoms with Crippen molar-refractivity contribution in [1.82, 2.24) is 25.0 Å². The Bertz CT molecular complexity index is 1940. The molecule has 1 atom stereocenters. The van der Waals surface area contributed by atoms with E-state index in [0.717, 1.165) is 39.0 Å². The topological polar surface area (TPSA) is 148 Å². The number of hydrogen-bond acceptors (Lipinski definition) is 10. The number of ether oxygens (including phenoxy) is 2. The molecule has 1 N–H and O–H groups in total. The van der Waals surface area contributed by atoms with E-state index in [1.807, 2.05) is 0 Å². The minimum Gasteiger partial charge on any atom is -0.495 e. The van der Waals surface area contributed by atoms with E-state index in [4.69, 9.17) is 9.47 Å². The molecule has 7 rings (SSSR count). The second-order valence-electron chi connectivity index (χ2n) is 13.3. The average molecular weight is 686 g/mol. The summed E-state index contributed by atoms with van der Waals surface area (Å²) in [5, 5.41) is 12.9. The fraction of sp³-hybridized carbons (Fsp3) is 0.429. The SMILES string of the molecule is CCOc1ncccc1C1(NC(=O)N2CC3(C2)CN(C2CCN(C)CC2)C3)C(=O)N(S(=O)(=O)c2ccccc2OC)c2ccc(C#N)cc21. The quantitative estimate of drug-likeness (QED) is 0.375. The summed E-state index contributed by atoms with van der Waals surface area (Å²) in [6, 6.07) is 15.6. The van der Waals surface area contributed by atoms with Crippen molar-refractivity contribution in [1.29, 1.82) is 5.26 Å². The number of sulfonamides is 1. The molecular weight excluding hydrogens is 646 g/mol. The number of benzene rings is 2. The largest absolute Gasteiger partial charge is 0.495 e. The monoisotopic (exact) mass is 685 g/mol. The van der Waals surface area contributed by atoms with Crippen molar-refractivity contribution in [2.24, 2.45) is 5.41 Å². The molecule has 0 aliphatic carbocycles. The van der Waals surface area contributed by atoms with Gasteiger partial charge in [-0.1, -0.05) is 12.1 Å². The van der Waals surface area contributed by atoms with Gasteiger partial charge in [0.2, 0.25) is 5.88 Å². The fourth-order valence-corrected chi connectivity index (χ4v) is 9.41. The summed E-state index contributed by atoms with van der Waals surface area (Å²) in [5.74, 6) is -0.862. The highest BCUT2D eigenvalue weighted by molar-refractivity contribution is 7.93. The first kappa shape index (κ1) is 32.8.